The zero-order valence-corrected chi connectivity index (χ0v) is 6.89. The smallest absolute Gasteiger partial charge is 0.137 e. The lowest BCUT2D eigenvalue weighted by Gasteiger charge is -2.04. The van der Waals surface area contributed by atoms with E-state index in [1.807, 2.05) is 26.0 Å². The van der Waals surface area contributed by atoms with E-state index in [0.29, 0.717) is 0 Å². The standard InChI is InChI=1S/C9H12N2/c1-4-8-5-6-10-9(8)11-7(2)3/h4-6H,2H2,1,3H3,(H,10,11)/b8-4-. The van der Waals surface area contributed by atoms with Crippen LogP contribution in [0.2, 0.25) is 0 Å². The minimum Gasteiger partial charge on any atom is -0.344 e. The quantitative estimate of drug-likeness (QED) is 0.604. The predicted molar refractivity (Wildman–Crippen MR) is 48.3 cm³/mol. The maximum Gasteiger partial charge on any atom is 0.137 e. The molecule has 0 unspecified atom stereocenters. The van der Waals surface area contributed by atoms with Gasteiger partial charge >= 0.3 is 0 Å². The van der Waals surface area contributed by atoms with E-state index in [1.54, 1.807) is 6.20 Å². The number of hydrogen-bond donors (Lipinski definition) is 1. The molecule has 0 fully saturated rings. The van der Waals surface area contributed by atoms with Crippen LogP contribution in [0, 0.1) is 0 Å². The average Bonchev–Trinajstić information content (AvgIpc) is 2.34. The Bertz CT molecular complexity index is 257. The number of nitrogens with one attached hydrogen (secondary N) is 1. The molecule has 1 rings (SSSR count). The molecular formula is C9H12N2. The minimum atomic E-state index is 0.889. The van der Waals surface area contributed by atoms with Gasteiger partial charge < -0.3 is 5.32 Å². The summed E-state index contributed by atoms with van der Waals surface area (Å²) in [6.45, 7) is 7.64. The Hall–Kier alpha value is -1.31. The molecule has 0 saturated carbocycles. The third-order valence-electron chi connectivity index (χ3n) is 1.37. The number of hydrogen-bond acceptors (Lipinski definition) is 2. The fraction of sp³-hybridized carbons (Fsp3) is 0.222. The monoisotopic (exact) mass is 148 g/mol. The molecule has 0 aromatic carbocycles. The third kappa shape index (κ3) is 1.80. The van der Waals surface area contributed by atoms with Gasteiger partial charge in [0, 0.05) is 17.5 Å². The van der Waals surface area contributed by atoms with E-state index < -0.39 is 0 Å². The lowest BCUT2D eigenvalue weighted by molar-refractivity contribution is 1.13. The number of aliphatic imine (C=N–C) groups is 1. The number of nitrogens with zero attached hydrogens (tertiary/aromatic N) is 1. The van der Waals surface area contributed by atoms with Gasteiger partial charge in [0.25, 0.3) is 0 Å². The summed E-state index contributed by atoms with van der Waals surface area (Å²) in [4.78, 5) is 4.12. The van der Waals surface area contributed by atoms with Crippen molar-refractivity contribution < 1.29 is 0 Å². The summed E-state index contributed by atoms with van der Waals surface area (Å²) in [5.74, 6) is 0.889. The summed E-state index contributed by atoms with van der Waals surface area (Å²) < 4.78 is 0. The fourth-order valence-corrected chi connectivity index (χ4v) is 0.885. The van der Waals surface area contributed by atoms with E-state index in [-0.39, 0.29) is 0 Å². The van der Waals surface area contributed by atoms with Crippen LogP contribution in [0.25, 0.3) is 0 Å². The van der Waals surface area contributed by atoms with Crippen LogP contribution in [0.15, 0.2) is 41.2 Å². The van der Waals surface area contributed by atoms with E-state index in [9.17, 15) is 0 Å². The molecule has 2 nitrogen and oxygen atoms in total. The molecule has 0 aromatic rings. The third-order valence-corrected chi connectivity index (χ3v) is 1.37. The summed E-state index contributed by atoms with van der Waals surface area (Å²) in [6, 6.07) is 0. The van der Waals surface area contributed by atoms with Crippen molar-refractivity contribution in [1.82, 2.24) is 5.32 Å². The van der Waals surface area contributed by atoms with E-state index in [2.05, 4.69) is 16.9 Å². The van der Waals surface area contributed by atoms with Crippen LogP contribution in [-0.4, -0.2) is 5.84 Å². The molecule has 1 N–H and O–H groups in total. The van der Waals surface area contributed by atoms with Crippen LogP contribution < -0.4 is 5.32 Å². The van der Waals surface area contributed by atoms with Gasteiger partial charge in [0.1, 0.15) is 5.84 Å². The molecule has 0 amide bonds. The maximum atomic E-state index is 4.12. The molecule has 0 spiro atoms. The lowest BCUT2D eigenvalue weighted by Crippen LogP contribution is -2.20. The Kier molecular flexibility index (Phi) is 2.26. The molecule has 0 aliphatic carbocycles. The second-order valence-electron chi connectivity index (χ2n) is 2.44. The van der Waals surface area contributed by atoms with Crippen LogP contribution in [-0.2, 0) is 0 Å². The first kappa shape index (κ1) is 7.79. The molecular weight excluding hydrogens is 136 g/mol. The van der Waals surface area contributed by atoms with Crippen molar-refractivity contribution in [2.24, 2.45) is 4.99 Å². The van der Waals surface area contributed by atoms with Gasteiger partial charge in [-0.25, -0.2) is 4.99 Å². The summed E-state index contributed by atoms with van der Waals surface area (Å²) in [7, 11) is 0. The second-order valence-corrected chi connectivity index (χ2v) is 2.44. The Balaban J connectivity index is 2.69. The number of rotatable bonds is 1. The molecule has 1 aliphatic rings. The fourth-order valence-electron chi connectivity index (χ4n) is 0.885. The molecule has 0 atom stereocenters. The Morgan fingerprint density at radius 3 is 3.00 bits per heavy atom. The molecule has 0 aromatic heterocycles. The predicted octanol–water partition coefficient (Wildman–Crippen LogP) is 1.98. The normalized spacial score (nSPS) is 18.7. The molecule has 11 heavy (non-hydrogen) atoms. The lowest BCUT2D eigenvalue weighted by atomic mass is 10.2. The molecule has 0 radical (unpaired) electrons. The van der Waals surface area contributed by atoms with Gasteiger partial charge in [-0.3, -0.25) is 0 Å². The van der Waals surface area contributed by atoms with Crippen molar-refractivity contribution in [1.29, 1.82) is 0 Å². The van der Waals surface area contributed by atoms with Gasteiger partial charge in [-0.15, -0.1) is 0 Å². The van der Waals surface area contributed by atoms with Crippen molar-refractivity contribution in [2.75, 3.05) is 0 Å². The van der Waals surface area contributed by atoms with Gasteiger partial charge in [0.2, 0.25) is 0 Å². The highest BCUT2D eigenvalue weighted by atomic mass is 15.0. The molecule has 2 heteroatoms. The highest BCUT2D eigenvalue weighted by molar-refractivity contribution is 6.03. The van der Waals surface area contributed by atoms with E-state index >= 15 is 0 Å². The first-order valence-electron chi connectivity index (χ1n) is 3.57. The van der Waals surface area contributed by atoms with Crippen LogP contribution in [0.3, 0.4) is 0 Å². The first-order valence-corrected chi connectivity index (χ1v) is 3.57. The topological polar surface area (TPSA) is 24.4 Å². The molecule has 1 heterocycles. The molecule has 58 valence electrons. The molecule has 0 saturated heterocycles. The van der Waals surface area contributed by atoms with Crippen LogP contribution in [0.1, 0.15) is 13.8 Å². The van der Waals surface area contributed by atoms with Crippen molar-refractivity contribution in [3.63, 3.8) is 0 Å². The van der Waals surface area contributed by atoms with Crippen molar-refractivity contribution in [2.45, 2.75) is 13.8 Å². The molecule has 0 bridgehead atoms. The van der Waals surface area contributed by atoms with Crippen LogP contribution in [0.4, 0.5) is 0 Å². The van der Waals surface area contributed by atoms with E-state index in [0.717, 1.165) is 17.1 Å². The molecule has 1 aliphatic heterocycles. The van der Waals surface area contributed by atoms with E-state index in [1.165, 1.54) is 0 Å². The SMILES string of the molecule is C=C(C)NC1=NC=C/C1=C/C. The van der Waals surface area contributed by atoms with Gasteiger partial charge in [-0.05, 0) is 19.9 Å². The summed E-state index contributed by atoms with van der Waals surface area (Å²) >= 11 is 0. The van der Waals surface area contributed by atoms with Gasteiger partial charge in [-0.2, -0.15) is 0 Å². The Labute approximate surface area is 67.0 Å². The summed E-state index contributed by atoms with van der Waals surface area (Å²) in [5, 5.41) is 3.07. The summed E-state index contributed by atoms with van der Waals surface area (Å²) in [6.07, 6.45) is 5.75. The number of allylic oxidation sites excluding steroid dienone is 2. The second kappa shape index (κ2) is 3.19. The van der Waals surface area contributed by atoms with E-state index in [4.69, 9.17) is 0 Å². The highest BCUT2D eigenvalue weighted by Crippen LogP contribution is 2.07. The van der Waals surface area contributed by atoms with Crippen molar-refractivity contribution >= 4 is 5.84 Å². The van der Waals surface area contributed by atoms with Crippen LogP contribution in [0.5, 0.6) is 0 Å². The largest absolute Gasteiger partial charge is 0.344 e. The summed E-state index contributed by atoms with van der Waals surface area (Å²) in [5.41, 5.74) is 2.03. The van der Waals surface area contributed by atoms with Gasteiger partial charge in [-0.1, -0.05) is 12.7 Å². The van der Waals surface area contributed by atoms with Crippen molar-refractivity contribution in [3.05, 3.63) is 36.2 Å². The minimum absolute atomic E-state index is 0.889. The van der Waals surface area contributed by atoms with Crippen LogP contribution >= 0.6 is 0 Å². The maximum absolute atomic E-state index is 4.12. The average molecular weight is 148 g/mol. The number of amidine groups is 1. The Morgan fingerprint density at radius 1 is 1.73 bits per heavy atom. The van der Waals surface area contributed by atoms with Gasteiger partial charge in [0.15, 0.2) is 0 Å². The zero-order valence-electron chi connectivity index (χ0n) is 6.89. The van der Waals surface area contributed by atoms with Crippen molar-refractivity contribution in [3.8, 4) is 0 Å². The highest BCUT2D eigenvalue weighted by Gasteiger charge is 2.05. The zero-order chi connectivity index (χ0) is 8.27. The van der Waals surface area contributed by atoms with Gasteiger partial charge in [0.05, 0.1) is 0 Å². The first-order chi connectivity index (χ1) is 5.24. The Morgan fingerprint density at radius 2 is 2.45 bits per heavy atom.